The SMILES string of the molecule is O=c1oc2cc3oc(=O)sc3cc2s1. The van der Waals surface area contributed by atoms with Gasteiger partial charge in [0.15, 0.2) is 11.2 Å². The van der Waals surface area contributed by atoms with Crippen molar-refractivity contribution in [1.82, 2.24) is 0 Å². The molecule has 0 aliphatic carbocycles. The molecule has 3 rings (SSSR count). The monoisotopic (exact) mass is 226 g/mol. The van der Waals surface area contributed by atoms with Crippen LogP contribution in [0, 0.1) is 0 Å². The normalized spacial score (nSPS) is 11.4. The van der Waals surface area contributed by atoms with Crippen molar-refractivity contribution in [2.45, 2.75) is 0 Å². The molecule has 0 saturated heterocycles. The fourth-order valence-electron chi connectivity index (χ4n) is 1.24. The van der Waals surface area contributed by atoms with E-state index in [4.69, 9.17) is 8.83 Å². The molecule has 0 radical (unpaired) electrons. The lowest BCUT2D eigenvalue weighted by Gasteiger charge is -1.84. The number of rotatable bonds is 0. The van der Waals surface area contributed by atoms with Crippen molar-refractivity contribution in [2.24, 2.45) is 0 Å². The minimum Gasteiger partial charge on any atom is -0.414 e. The number of hydrogen-bond donors (Lipinski definition) is 0. The molecule has 6 heteroatoms. The number of hydrogen-bond acceptors (Lipinski definition) is 6. The molecule has 14 heavy (non-hydrogen) atoms. The molecule has 70 valence electrons. The summed E-state index contributed by atoms with van der Waals surface area (Å²) in [6.07, 6.45) is 0. The maximum Gasteiger partial charge on any atom is 0.396 e. The molecule has 0 aliphatic rings. The summed E-state index contributed by atoms with van der Waals surface area (Å²) in [6.45, 7) is 0. The second kappa shape index (κ2) is 2.55. The summed E-state index contributed by atoms with van der Waals surface area (Å²) >= 11 is 2.03. The van der Waals surface area contributed by atoms with Crippen LogP contribution in [0.5, 0.6) is 0 Å². The fourth-order valence-corrected chi connectivity index (χ4v) is 2.69. The van der Waals surface area contributed by atoms with Crippen molar-refractivity contribution in [3.63, 3.8) is 0 Å². The van der Waals surface area contributed by atoms with Crippen LogP contribution in [0.1, 0.15) is 0 Å². The van der Waals surface area contributed by atoms with Gasteiger partial charge in [-0.15, -0.1) is 0 Å². The van der Waals surface area contributed by atoms with Gasteiger partial charge in [0.2, 0.25) is 0 Å². The highest BCUT2D eigenvalue weighted by Gasteiger charge is 2.08. The fraction of sp³-hybridized carbons (Fsp3) is 0. The largest absolute Gasteiger partial charge is 0.414 e. The second-order valence-electron chi connectivity index (χ2n) is 2.65. The van der Waals surface area contributed by atoms with Crippen LogP contribution in [0.4, 0.5) is 0 Å². The van der Waals surface area contributed by atoms with Crippen molar-refractivity contribution < 1.29 is 8.83 Å². The highest BCUT2D eigenvalue weighted by atomic mass is 32.1. The van der Waals surface area contributed by atoms with E-state index in [1.807, 2.05) is 0 Å². The van der Waals surface area contributed by atoms with E-state index in [1.165, 1.54) is 0 Å². The third-order valence-electron chi connectivity index (χ3n) is 1.78. The Morgan fingerprint density at radius 1 is 0.857 bits per heavy atom. The summed E-state index contributed by atoms with van der Waals surface area (Å²) in [4.78, 5) is 21.1. The zero-order valence-corrected chi connectivity index (χ0v) is 8.24. The molecule has 0 atom stereocenters. The van der Waals surface area contributed by atoms with Crippen LogP contribution >= 0.6 is 22.7 Å². The van der Waals surface area contributed by atoms with Gasteiger partial charge in [0.25, 0.3) is 0 Å². The zero-order valence-electron chi connectivity index (χ0n) is 6.60. The first-order valence-electron chi connectivity index (χ1n) is 3.70. The average Bonchev–Trinajstić information content (AvgIpc) is 2.59. The summed E-state index contributed by atoms with van der Waals surface area (Å²) in [6, 6.07) is 3.30. The van der Waals surface area contributed by atoms with E-state index in [2.05, 4.69) is 0 Å². The van der Waals surface area contributed by atoms with E-state index in [1.54, 1.807) is 12.1 Å². The zero-order chi connectivity index (χ0) is 9.71. The summed E-state index contributed by atoms with van der Waals surface area (Å²) < 4.78 is 11.3. The van der Waals surface area contributed by atoms with Gasteiger partial charge in [-0.1, -0.05) is 22.7 Å². The smallest absolute Gasteiger partial charge is 0.396 e. The molecule has 0 bridgehead atoms. The topological polar surface area (TPSA) is 60.4 Å². The van der Waals surface area contributed by atoms with Gasteiger partial charge in [-0.25, -0.2) is 9.59 Å². The molecule has 4 nitrogen and oxygen atoms in total. The van der Waals surface area contributed by atoms with Gasteiger partial charge in [0.1, 0.15) is 0 Å². The molecular weight excluding hydrogens is 224 g/mol. The Kier molecular flexibility index (Phi) is 1.45. The van der Waals surface area contributed by atoms with E-state index in [0.717, 1.165) is 32.1 Å². The molecule has 2 aromatic heterocycles. The first-order valence-corrected chi connectivity index (χ1v) is 5.33. The lowest BCUT2D eigenvalue weighted by molar-refractivity contribution is 0.574. The summed E-state index contributed by atoms with van der Waals surface area (Å²) in [5.41, 5.74) is 0.933. The molecule has 0 fully saturated rings. The Morgan fingerprint density at radius 3 is 1.86 bits per heavy atom. The standard InChI is InChI=1S/C8H2O4S2/c9-7-11-3-1-4-6(2-5(3)13-7)14-8(10)12-4/h1-2H. The van der Waals surface area contributed by atoms with Gasteiger partial charge in [0, 0.05) is 6.07 Å². The van der Waals surface area contributed by atoms with E-state index in [-0.39, 0.29) is 9.88 Å². The summed E-state index contributed by atoms with van der Waals surface area (Å²) in [5.74, 6) is 0. The van der Waals surface area contributed by atoms with Gasteiger partial charge in [0.05, 0.1) is 9.40 Å². The van der Waals surface area contributed by atoms with Crippen LogP contribution in [0.2, 0.25) is 0 Å². The molecule has 0 amide bonds. The van der Waals surface area contributed by atoms with E-state index in [9.17, 15) is 9.59 Å². The maximum atomic E-state index is 10.9. The predicted octanol–water partition coefficient (Wildman–Crippen LogP) is 2.02. The average molecular weight is 226 g/mol. The molecule has 3 aromatic rings. The minimum absolute atomic E-state index is 0.347. The summed E-state index contributed by atoms with van der Waals surface area (Å²) in [5, 5.41) is 0. The van der Waals surface area contributed by atoms with Crippen LogP contribution in [0.15, 0.2) is 30.6 Å². The highest BCUT2D eigenvalue weighted by Crippen LogP contribution is 2.25. The molecule has 0 N–H and O–H groups in total. The van der Waals surface area contributed by atoms with Crippen molar-refractivity contribution in [1.29, 1.82) is 0 Å². The van der Waals surface area contributed by atoms with Crippen LogP contribution in [-0.2, 0) is 0 Å². The predicted molar refractivity (Wildman–Crippen MR) is 54.3 cm³/mol. The molecular formula is C8H2O4S2. The van der Waals surface area contributed by atoms with Gasteiger partial charge in [-0.3, -0.25) is 0 Å². The first kappa shape index (κ1) is 7.95. The van der Waals surface area contributed by atoms with E-state index in [0.29, 0.717) is 11.2 Å². The Hall–Kier alpha value is -1.40. The highest BCUT2D eigenvalue weighted by molar-refractivity contribution is 7.18. The van der Waals surface area contributed by atoms with Gasteiger partial charge in [-0.2, -0.15) is 0 Å². The quantitative estimate of drug-likeness (QED) is 0.588. The Bertz CT molecular complexity index is 610. The molecule has 1 aromatic carbocycles. The van der Waals surface area contributed by atoms with Gasteiger partial charge >= 0.3 is 9.88 Å². The van der Waals surface area contributed by atoms with Crippen LogP contribution in [-0.4, -0.2) is 0 Å². The second-order valence-corrected chi connectivity index (χ2v) is 4.61. The number of fused-ring (bicyclic) bond motifs is 2. The van der Waals surface area contributed by atoms with E-state index >= 15 is 0 Å². The Balaban J connectivity index is 2.61. The molecule has 2 heterocycles. The number of benzene rings is 1. The lowest BCUT2D eigenvalue weighted by atomic mass is 10.3. The third-order valence-corrected chi connectivity index (χ3v) is 3.36. The van der Waals surface area contributed by atoms with Crippen LogP contribution < -0.4 is 9.88 Å². The lowest BCUT2D eigenvalue weighted by Crippen LogP contribution is -1.80. The summed E-state index contributed by atoms with van der Waals surface area (Å²) in [7, 11) is 0. The Morgan fingerprint density at radius 2 is 1.36 bits per heavy atom. The van der Waals surface area contributed by atoms with Crippen molar-refractivity contribution in [2.75, 3.05) is 0 Å². The minimum atomic E-state index is -0.347. The molecule has 0 aliphatic heterocycles. The molecule has 0 unspecified atom stereocenters. The van der Waals surface area contributed by atoms with Crippen molar-refractivity contribution >= 4 is 43.2 Å². The van der Waals surface area contributed by atoms with Crippen molar-refractivity contribution in [3.8, 4) is 0 Å². The first-order chi connectivity index (χ1) is 6.72. The third kappa shape index (κ3) is 1.04. The van der Waals surface area contributed by atoms with Gasteiger partial charge in [-0.05, 0) is 6.07 Å². The maximum absolute atomic E-state index is 10.9. The van der Waals surface area contributed by atoms with Gasteiger partial charge < -0.3 is 8.83 Å². The van der Waals surface area contributed by atoms with Crippen LogP contribution in [0.3, 0.4) is 0 Å². The van der Waals surface area contributed by atoms with Crippen LogP contribution in [0.25, 0.3) is 20.6 Å². The van der Waals surface area contributed by atoms with Crippen molar-refractivity contribution in [3.05, 3.63) is 31.6 Å². The van der Waals surface area contributed by atoms with E-state index < -0.39 is 0 Å². The Labute approximate surface area is 84.0 Å². The molecule has 0 saturated carbocycles. The molecule has 0 spiro atoms.